The van der Waals surface area contributed by atoms with Gasteiger partial charge in [0.25, 0.3) is 11.8 Å². The van der Waals surface area contributed by atoms with Crippen LogP contribution in [-0.4, -0.2) is 17.9 Å². The summed E-state index contributed by atoms with van der Waals surface area (Å²) in [5.74, 6) is 0.340. The van der Waals surface area contributed by atoms with Crippen LogP contribution in [0.2, 0.25) is 0 Å². The Balaban J connectivity index is 1.66. The number of carbonyl (C=O) groups is 2. The molecule has 1 heterocycles. The number of carbonyl (C=O) groups excluding carboxylic acids is 2. The molecule has 3 aromatic carbocycles. The van der Waals surface area contributed by atoms with Gasteiger partial charge in [0.15, 0.2) is 6.10 Å². The molecule has 5 nitrogen and oxygen atoms in total. The van der Waals surface area contributed by atoms with Crippen molar-refractivity contribution in [2.75, 3.05) is 10.2 Å². The Morgan fingerprint density at radius 3 is 2.43 bits per heavy atom. The van der Waals surface area contributed by atoms with Gasteiger partial charge < -0.3 is 15.0 Å². The van der Waals surface area contributed by atoms with Gasteiger partial charge in [0, 0.05) is 11.3 Å². The minimum Gasteiger partial charge on any atom is -0.479 e. The van der Waals surface area contributed by atoms with Crippen LogP contribution < -0.4 is 15.0 Å². The van der Waals surface area contributed by atoms with Crippen molar-refractivity contribution in [3.05, 3.63) is 89.0 Å². The van der Waals surface area contributed by atoms with Crippen LogP contribution in [0.25, 0.3) is 0 Å². The minimum absolute atomic E-state index is 0.104. The van der Waals surface area contributed by atoms with Gasteiger partial charge in [0.1, 0.15) is 5.75 Å². The van der Waals surface area contributed by atoms with Crippen LogP contribution in [0, 0.1) is 13.8 Å². The van der Waals surface area contributed by atoms with Crippen molar-refractivity contribution >= 4 is 23.2 Å². The van der Waals surface area contributed by atoms with E-state index in [0.717, 1.165) is 16.7 Å². The van der Waals surface area contributed by atoms with Crippen LogP contribution in [0.5, 0.6) is 5.75 Å². The van der Waals surface area contributed by atoms with E-state index in [4.69, 9.17) is 4.74 Å². The standard InChI is InChI=1S/C25H24N2O3/c1-16-8-4-6-10-19(16)15-27-22-14-20(12-13-23(22)30-18(3)25(27)29)26-24(28)21-11-7-5-9-17(21)2/h4-14,18H,15H2,1-3H3,(H,26,28). The lowest BCUT2D eigenvalue weighted by Crippen LogP contribution is -2.44. The molecule has 1 aliphatic heterocycles. The molecule has 0 fully saturated rings. The van der Waals surface area contributed by atoms with Crippen molar-refractivity contribution in [3.8, 4) is 5.75 Å². The smallest absolute Gasteiger partial charge is 0.268 e. The number of anilines is 2. The second-order valence-electron chi connectivity index (χ2n) is 7.56. The maximum Gasteiger partial charge on any atom is 0.268 e. The third-order valence-electron chi connectivity index (χ3n) is 5.40. The fraction of sp³-hybridized carbons (Fsp3) is 0.200. The Labute approximate surface area is 176 Å². The van der Waals surface area contributed by atoms with Crippen molar-refractivity contribution in [1.29, 1.82) is 0 Å². The van der Waals surface area contributed by atoms with Gasteiger partial charge in [-0.2, -0.15) is 0 Å². The molecular weight excluding hydrogens is 376 g/mol. The van der Waals surface area contributed by atoms with Gasteiger partial charge in [0.05, 0.1) is 12.2 Å². The van der Waals surface area contributed by atoms with Crippen LogP contribution in [0.3, 0.4) is 0 Å². The molecule has 5 heteroatoms. The Kier molecular flexibility index (Phi) is 5.27. The molecule has 1 atom stereocenters. The third-order valence-corrected chi connectivity index (χ3v) is 5.40. The lowest BCUT2D eigenvalue weighted by atomic mass is 10.1. The molecule has 0 aromatic heterocycles. The lowest BCUT2D eigenvalue weighted by molar-refractivity contribution is -0.125. The van der Waals surface area contributed by atoms with E-state index in [0.29, 0.717) is 29.2 Å². The average molecular weight is 400 g/mol. The van der Waals surface area contributed by atoms with E-state index in [1.165, 1.54) is 0 Å². The van der Waals surface area contributed by atoms with Crippen molar-refractivity contribution in [2.24, 2.45) is 0 Å². The van der Waals surface area contributed by atoms with Crippen LogP contribution in [0.1, 0.15) is 34.0 Å². The highest BCUT2D eigenvalue weighted by Crippen LogP contribution is 2.37. The zero-order valence-corrected chi connectivity index (χ0v) is 17.3. The number of nitrogens with zero attached hydrogens (tertiary/aromatic N) is 1. The van der Waals surface area contributed by atoms with Crippen LogP contribution in [0.15, 0.2) is 66.7 Å². The molecule has 2 amide bonds. The highest BCUT2D eigenvalue weighted by atomic mass is 16.5. The van der Waals surface area contributed by atoms with E-state index in [1.54, 1.807) is 36.1 Å². The number of rotatable bonds is 4. The van der Waals surface area contributed by atoms with E-state index in [2.05, 4.69) is 5.32 Å². The molecular formula is C25H24N2O3. The van der Waals surface area contributed by atoms with Gasteiger partial charge in [0.2, 0.25) is 0 Å². The third kappa shape index (κ3) is 3.79. The molecule has 0 radical (unpaired) electrons. The summed E-state index contributed by atoms with van der Waals surface area (Å²) in [6.45, 7) is 6.13. The van der Waals surface area contributed by atoms with E-state index in [-0.39, 0.29) is 11.8 Å². The summed E-state index contributed by atoms with van der Waals surface area (Å²) in [4.78, 5) is 27.4. The van der Waals surface area contributed by atoms with Gasteiger partial charge in [-0.15, -0.1) is 0 Å². The molecule has 4 rings (SSSR count). The first kappa shape index (κ1) is 19.7. The Morgan fingerprint density at radius 2 is 1.70 bits per heavy atom. The van der Waals surface area contributed by atoms with Crippen LogP contribution >= 0.6 is 0 Å². The van der Waals surface area contributed by atoms with Gasteiger partial charge in [-0.3, -0.25) is 9.59 Å². The van der Waals surface area contributed by atoms with Gasteiger partial charge in [-0.05, 0) is 61.7 Å². The zero-order valence-electron chi connectivity index (χ0n) is 17.3. The van der Waals surface area contributed by atoms with Crippen LogP contribution in [-0.2, 0) is 11.3 Å². The van der Waals surface area contributed by atoms with Gasteiger partial charge in [-0.25, -0.2) is 0 Å². The molecule has 0 saturated carbocycles. The predicted molar refractivity (Wildman–Crippen MR) is 118 cm³/mol. The first-order chi connectivity index (χ1) is 14.4. The molecule has 0 bridgehead atoms. The summed E-state index contributed by atoms with van der Waals surface area (Å²) in [6.07, 6.45) is -0.561. The van der Waals surface area contributed by atoms with Crippen molar-refractivity contribution in [2.45, 2.75) is 33.4 Å². The fourth-order valence-corrected chi connectivity index (χ4v) is 3.63. The monoisotopic (exact) mass is 400 g/mol. The minimum atomic E-state index is -0.561. The number of ether oxygens (including phenoxy) is 1. The average Bonchev–Trinajstić information content (AvgIpc) is 2.73. The number of hydrogen-bond acceptors (Lipinski definition) is 3. The van der Waals surface area contributed by atoms with E-state index >= 15 is 0 Å². The number of fused-ring (bicyclic) bond motifs is 1. The summed E-state index contributed by atoms with van der Waals surface area (Å²) < 4.78 is 5.80. The largest absolute Gasteiger partial charge is 0.479 e. The molecule has 1 unspecified atom stereocenters. The lowest BCUT2D eigenvalue weighted by Gasteiger charge is -2.33. The normalized spacial score (nSPS) is 15.4. The Morgan fingerprint density at radius 1 is 1.00 bits per heavy atom. The van der Waals surface area contributed by atoms with Crippen LogP contribution in [0.4, 0.5) is 11.4 Å². The summed E-state index contributed by atoms with van der Waals surface area (Å²) in [7, 11) is 0. The topological polar surface area (TPSA) is 58.6 Å². The molecule has 0 spiro atoms. The number of benzene rings is 3. The first-order valence-corrected chi connectivity index (χ1v) is 9.97. The number of hydrogen-bond donors (Lipinski definition) is 1. The second-order valence-corrected chi connectivity index (χ2v) is 7.56. The maximum atomic E-state index is 12.9. The summed E-state index contributed by atoms with van der Waals surface area (Å²) >= 11 is 0. The molecule has 30 heavy (non-hydrogen) atoms. The Bertz CT molecular complexity index is 1120. The van der Waals surface area contributed by atoms with Crippen molar-refractivity contribution in [3.63, 3.8) is 0 Å². The second kappa shape index (κ2) is 8.03. The van der Waals surface area contributed by atoms with Crippen molar-refractivity contribution < 1.29 is 14.3 Å². The summed E-state index contributed by atoms with van der Waals surface area (Å²) in [5, 5.41) is 2.94. The van der Waals surface area contributed by atoms with E-state index in [1.807, 2.05) is 56.3 Å². The van der Waals surface area contributed by atoms with Gasteiger partial charge in [-0.1, -0.05) is 42.5 Å². The van der Waals surface area contributed by atoms with E-state index in [9.17, 15) is 9.59 Å². The molecule has 0 saturated heterocycles. The predicted octanol–water partition coefficient (Wildman–Crippen LogP) is 4.87. The van der Waals surface area contributed by atoms with E-state index < -0.39 is 6.10 Å². The fourth-order valence-electron chi connectivity index (χ4n) is 3.63. The number of aryl methyl sites for hydroxylation is 2. The maximum absolute atomic E-state index is 12.9. The first-order valence-electron chi connectivity index (χ1n) is 9.97. The number of nitrogens with one attached hydrogen (secondary N) is 1. The molecule has 1 N–H and O–H groups in total. The quantitative estimate of drug-likeness (QED) is 0.680. The number of amides is 2. The van der Waals surface area contributed by atoms with Crippen molar-refractivity contribution in [1.82, 2.24) is 0 Å². The molecule has 1 aliphatic rings. The van der Waals surface area contributed by atoms with Gasteiger partial charge >= 0.3 is 0 Å². The summed E-state index contributed by atoms with van der Waals surface area (Å²) in [6, 6.07) is 20.8. The molecule has 152 valence electrons. The molecule has 0 aliphatic carbocycles. The highest BCUT2D eigenvalue weighted by Gasteiger charge is 2.32. The Hall–Kier alpha value is -3.60. The SMILES string of the molecule is Cc1ccccc1CN1C(=O)C(C)Oc2ccc(NC(=O)c3ccccc3C)cc21. The molecule has 3 aromatic rings. The highest BCUT2D eigenvalue weighted by molar-refractivity contribution is 6.06. The zero-order chi connectivity index (χ0) is 21.3. The summed E-state index contributed by atoms with van der Waals surface area (Å²) in [5.41, 5.74) is 4.98.